The molecular formula is C16H15Cl3N4O3. The predicted molar refractivity (Wildman–Crippen MR) is 103 cm³/mol. The van der Waals surface area contributed by atoms with E-state index >= 15 is 0 Å². The van der Waals surface area contributed by atoms with E-state index in [4.69, 9.17) is 50.0 Å². The Hall–Kier alpha value is -2.22. The number of benzene rings is 1. The first-order chi connectivity index (χ1) is 12.4. The summed E-state index contributed by atoms with van der Waals surface area (Å²) in [7, 11) is 1.53. The molecule has 2 rings (SSSR count). The minimum Gasteiger partial charge on any atom is -0.493 e. The molecule has 7 nitrogen and oxygen atoms in total. The van der Waals surface area contributed by atoms with Crippen molar-refractivity contribution < 1.29 is 14.3 Å². The third-order valence-corrected chi connectivity index (χ3v) is 4.31. The molecule has 1 aromatic heterocycles. The molecule has 0 aliphatic carbocycles. The zero-order chi connectivity index (χ0) is 19.3. The summed E-state index contributed by atoms with van der Waals surface area (Å²) < 4.78 is 10.8. The van der Waals surface area contributed by atoms with E-state index in [1.807, 2.05) is 6.92 Å². The van der Waals surface area contributed by atoms with Gasteiger partial charge < -0.3 is 15.2 Å². The van der Waals surface area contributed by atoms with Gasteiger partial charge in [0.2, 0.25) is 0 Å². The van der Waals surface area contributed by atoms with Gasteiger partial charge in [0, 0.05) is 5.56 Å². The zero-order valence-electron chi connectivity index (χ0n) is 13.8. The molecule has 1 aromatic carbocycles. The van der Waals surface area contributed by atoms with Gasteiger partial charge in [-0.25, -0.2) is 10.4 Å². The van der Waals surface area contributed by atoms with Crippen LogP contribution in [0, 0.1) is 0 Å². The SMILES string of the molecule is CCOc1c(/C=N/NC(=O)c2nc(Cl)c(Cl)c(N)c2Cl)cccc1OC. The summed E-state index contributed by atoms with van der Waals surface area (Å²) in [6.07, 6.45) is 1.40. The lowest BCUT2D eigenvalue weighted by molar-refractivity contribution is 0.0950. The summed E-state index contributed by atoms with van der Waals surface area (Å²) >= 11 is 17.6. The Bertz CT molecular complexity index is 859. The molecule has 0 saturated carbocycles. The molecule has 0 saturated heterocycles. The number of ether oxygens (including phenoxy) is 2. The number of nitrogens with two attached hydrogens (primary N) is 1. The number of hydrogen-bond acceptors (Lipinski definition) is 6. The number of nitrogens with one attached hydrogen (secondary N) is 1. The van der Waals surface area contributed by atoms with Crippen LogP contribution in [0.15, 0.2) is 23.3 Å². The van der Waals surface area contributed by atoms with E-state index in [1.165, 1.54) is 13.3 Å². The molecule has 0 aliphatic rings. The molecule has 1 heterocycles. The van der Waals surface area contributed by atoms with Crippen LogP contribution >= 0.6 is 34.8 Å². The number of pyridine rings is 1. The third-order valence-electron chi connectivity index (χ3n) is 3.17. The molecule has 0 spiro atoms. The van der Waals surface area contributed by atoms with Crippen LogP contribution in [0.4, 0.5) is 5.69 Å². The lowest BCUT2D eigenvalue weighted by Gasteiger charge is -2.11. The molecule has 0 aliphatic heterocycles. The Kier molecular flexibility index (Phi) is 6.90. The van der Waals surface area contributed by atoms with Gasteiger partial charge >= 0.3 is 0 Å². The van der Waals surface area contributed by atoms with Crippen molar-refractivity contribution in [1.82, 2.24) is 10.4 Å². The maximum Gasteiger partial charge on any atom is 0.291 e. The van der Waals surface area contributed by atoms with Crippen LogP contribution in [0.2, 0.25) is 15.2 Å². The van der Waals surface area contributed by atoms with Crippen molar-refractivity contribution >= 4 is 52.6 Å². The van der Waals surface area contributed by atoms with Crippen molar-refractivity contribution in [2.45, 2.75) is 6.92 Å². The molecular weight excluding hydrogens is 403 g/mol. The summed E-state index contributed by atoms with van der Waals surface area (Å²) in [5, 5.41) is 3.63. The molecule has 0 bridgehead atoms. The second-order valence-corrected chi connectivity index (χ2v) is 5.92. The van der Waals surface area contributed by atoms with E-state index in [-0.39, 0.29) is 26.6 Å². The number of carbonyl (C=O) groups is 1. The van der Waals surface area contributed by atoms with Crippen molar-refractivity contribution in [3.8, 4) is 11.5 Å². The highest BCUT2D eigenvalue weighted by molar-refractivity contribution is 6.46. The standard InChI is InChI=1S/C16H15Cl3N4O3/c1-3-26-14-8(5-4-6-9(14)25-2)7-21-23-16(24)13-10(17)12(20)11(18)15(19)22-13/h4-7H,3H2,1-2H3,(H2,20,22)(H,23,24)/b21-7+. The molecule has 26 heavy (non-hydrogen) atoms. The molecule has 3 N–H and O–H groups in total. The number of nitrogen functional groups attached to an aromatic ring is 1. The average molecular weight is 418 g/mol. The quantitative estimate of drug-likeness (QED) is 0.423. The number of para-hydroxylation sites is 1. The van der Waals surface area contributed by atoms with E-state index in [9.17, 15) is 4.79 Å². The van der Waals surface area contributed by atoms with Crippen LogP contribution in [-0.2, 0) is 0 Å². The number of anilines is 1. The number of amides is 1. The van der Waals surface area contributed by atoms with Crippen LogP contribution in [-0.4, -0.2) is 30.8 Å². The number of aromatic nitrogens is 1. The van der Waals surface area contributed by atoms with Gasteiger partial charge in [-0.2, -0.15) is 5.10 Å². The van der Waals surface area contributed by atoms with E-state index in [0.717, 1.165) is 0 Å². The Morgan fingerprint density at radius 2 is 2.08 bits per heavy atom. The number of rotatable bonds is 6. The summed E-state index contributed by atoms with van der Waals surface area (Å²) in [6, 6.07) is 5.28. The van der Waals surface area contributed by atoms with Crippen molar-refractivity contribution in [2.75, 3.05) is 19.5 Å². The third kappa shape index (κ3) is 4.30. The smallest absolute Gasteiger partial charge is 0.291 e. The molecule has 138 valence electrons. The normalized spacial score (nSPS) is 10.8. The number of nitrogens with zero attached hydrogens (tertiary/aromatic N) is 2. The van der Waals surface area contributed by atoms with Gasteiger partial charge in [-0.1, -0.05) is 40.9 Å². The van der Waals surface area contributed by atoms with Gasteiger partial charge in [0.25, 0.3) is 5.91 Å². The first-order valence-electron chi connectivity index (χ1n) is 7.33. The topological polar surface area (TPSA) is 98.8 Å². The number of carbonyl (C=O) groups excluding carboxylic acids is 1. The number of hydrazone groups is 1. The van der Waals surface area contributed by atoms with Crippen molar-refractivity contribution in [3.63, 3.8) is 0 Å². The Morgan fingerprint density at radius 3 is 2.73 bits per heavy atom. The fourth-order valence-electron chi connectivity index (χ4n) is 1.99. The average Bonchev–Trinajstić information content (AvgIpc) is 2.64. The van der Waals surface area contributed by atoms with Gasteiger partial charge in [0.1, 0.15) is 5.02 Å². The monoisotopic (exact) mass is 416 g/mol. The molecule has 0 fully saturated rings. The summed E-state index contributed by atoms with van der Waals surface area (Å²) in [5.41, 5.74) is 8.38. The van der Waals surface area contributed by atoms with E-state index < -0.39 is 5.91 Å². The lowest BCUT2D eigenvalue weighted by Crippen LogP contribution is -2.20. The van der Waals surface area contributed by atoms with Crippen LogP contribution in [0.5, 0.6) is 11.5 Å². The van der Waals surface area contributed by atoms with Crippen LogP contribution in [0.3, 0.4) is 0 Å². The Balaban J connectivity index is 2.23. The maximum absolute atomic E-state index is 12.2. The Labute approximate surface area is 165 Å². The fraction of sp³-hybridized carbons (Fsp3) is 0.188. The highest BCUT2D eigenvalue weighted by atomic mass is 35.5. The van der Waals surface area contributed by atoms with Crippen molar-refractivity contribution in [2.24, 2.45) is 5.10 Å². The summed E-state index contributed by atoms with van der Waals surface area (Å²) in [6.45, 7) is 2.28. The predicted octanol–water partition coefficient (Wildman–Crippen LogP) is 3.80. The second kappa shape index (κ2) is 8.93. The minimum absolute atomic E-state index is 0.0190. The largest absolute Gasteiger partial charge is 0.493 e. The fourth-order valence-corrected chi connectivity index (χ4v) is 2.58. The highest BCUT2D eigenvalue weighted by Crippen LogP contribution is 2.34. The molecule has 0 atom stereocenters. The summed E-state index contributed by atoms with van der Waals surface area (Å²) in [4.78, 5) is 16.0. The first kappa shape index (κ1) is 20.1. The molecule has 1 amide bonds. The van der Waals surface area contributed by atoms with Gasteiger partial charge in [0.05, 0.1) is 30.6 Å². The van der Waals surface area contributed by atoms with Crippen molar-refractivity contribution in [3.05, 3.63) is 44.7 Å². The number of halogens is 3. The van der Waals surface area contributed by atoms with Crippen molar-refractivity contribution in [1.29, 1.82) is 0 Å². The molecule has 0 radical (unpaired) electrons. The summed E-state index contributed by atoms with van der Waals surface area (Å²) in [5.74, 6) is 0.354. The highest BCUT2D eigenvalue weighted by Gasteiger charge is 2.19. The number of methoxy groups -OCH3 is 1. The lowest BCUT2D eigenvalue weighted by atomic mass is 10.2. The molecule has 2 aromatic rings. The zero-order valence-corrected chi connectivity index (χ0v) is 16.1. The Morgan fingerprint density at radius 1 is 1.35 bits per heavy atom. The molecule has 10 heteroatoms. The van der Waals surface area contributed by atoms with E-state index in [0.29, 0.717) is 23.7 Å². The van der Waals surface area contributed by atoms with E-state index in [2.05, 4.69) is 15.5 Å². The second-order valence-electron chi connectivity index (χ2n) is 4.80. The number of hydrogen-bond donors (Lipinski definition) is 2. The molecule has 0 unspecified atom stereocenters. The minimum atomic E-state index is -0.697. The van der Waals surface area contributed by atoms with Crippen LogP contribution in [0.25, 0.3) is 0 Å². The van der Waals surface area contributed by atoms with E-state index in [1.54, 1.807) is 18.2 Å². The van der Waals surface area contributed by atoms with Gasteiger partial charge in [0.15, 0.2) is 22.3 Å². The first-order valence-corrected chi connectivity index (χ1v) is 8.47. The van der Waals surface area contributed by atoms with Gasteiger partial charge in [-0.3, -0.25) is 4.79 Å². The van der Waals surface area contributed by atoms with Crippen LogP contribution in [0.1, 0.15) is 23.0 Å². The van der Waals surface area contributed by atoms with Gasteiger partial charge in [-0.05, 0) is 19.1 Å². The van der Waals surface area contributed by atoms with Gasteiger partial charge in [-0.15, -0.1) is 0 Å². The maximum atomic E-state index is 12.2. The van der Waals surface area contributed by atoms with Crippen LogP contribution < -0.4 is 20.6 Å².